The summed E-state index contributed by atoms with van der Waals surface area (Å²) in [6.07, 6.45) is 6.02. The van der Waals surface area contributed by atoms with Crippen LogP contribution in [0.2, 0.25) is 0 Å². The summed E-state index contributed by atoms with van der Waals surface area (Å²) in [6.45, 7) is 4.47. The van der Waals surface area contributed by atoms with E-state index in [9.17, 15) is 9.90 Å². The number of nitrogens with two attached hydrogens (primary N) is 1. The molecule has 1 heterocycles. The number of carboxylic acid groups (broad SMARTS) is 1. The van der Waals surface area contributed by atoms with Crippen molar-refractivity contribution in [2.75, 3.05) is 0 Å². The lowest BCUT2D eigenvalue weighted by molar-refractivity contribution is 0.0696. The quantitative estimate of drug-likeness (QED) is 0.550. The van der Waals surface area contributed by atoms with Gasteiger partial charge in [0.15, 0.2) is 0 Å². The number of thiophene rings is 1. The van der Waals surface area contributed by atoms with Crippen LogP contribution >= 0.6 is 11.3 Å². The van der Waals surface area contributed by atoms with E-state index >= 15 is 0 Å². The van der Waals surface area contributed by atoms with Crippen LogP contribution in [0.4, 0.5) is 0 Å². The molecule has 0 unspecified atom stereocenters. The molecule has 0 saturated heterocycles. The standard InChI is InChI=1S/C21H26N2O2S/c1-21(2)10-9-17-15(11-21)18(20(24)25)19(26-17)14-7-3-6-13-12(14)5-4-8-16(13)23-22/h3,6-7,16,23H,4-5,8-11,22H2,1-2H3,(H,24,25)/t16-/m0/s1. The monoisotopic (exact) mass is 370 g/mol. The van der Waals surface area contributed by atoms with E-state index in [1.807, 2.05) is 6.07 Å². The SMILES string of the molecule is CC1(C)CCc2sc(-c3cccc4c3CCC[C@@H]4NN)c(C(=O)O)c2C1. The number of hydrazine groups is 1. The number of benzene rings is 1. The molecule has 138 valence electrons. The molecule has 1 aromatic carbocycles. The Kier molecular flexibility index (Phi) is 4.41. The summed E-state index contributed by atoms with van der Waals surface area (Å²) in [4.78, 5) is 14.4. The number of hydrogen-bond donors (Lipinski definition) is 3. The molecule has 0 spiro atoms. The van der Waals surface area contributed by atoms with E-state index in [1.165, 1.54) is 16.0 Å². The predicted molar refractivity (Wildman–Crippen MR) is 106 cm³/mol. The van der Waals surface area contributed by atoms with Crippen molar-refractivity contribution < 1.29 is 9.90 Å². The Labute approximate surface area is 158 Å². The van der Waals surface area contributed by atoms with Crippen molar-refractivity contribution in [2.45, 2.75) is 58.4 Å². The maximum absolute atomic E-state index is 12.2. The van der Waals surface area contributed by atoms with Crippen LogP contribution in [0, 0.1) is 5.41 Å². The van der Waals surface area contributed by atoms with Gasteiger partial charge < -0.3 is 5.11 Å². The molecule has 4 rings (SSSR count). The van der Waals surface area contributed by atoms with E-state index < -0.39 is 5.97 Å². The lowest BCUT2D eigenvalue weighted by atomic mass is 9.75. The first-order valence-electron chi connectivity index (χ1n) is 9.37. The molecule has 2 aliphatic carbocycles. The summed E-state index contributed by atoms with van der Waals surface area (Å²) in [6, 6.07) is 6.41. The zero-order chi connectivity index (χ0) is 18.5. The predicted octanol–water partition coefficient (Wildman–Crippen LogP) is 4.47. The van der Waals surface area contributed by atoms with Crippen LogP contribution in [0.1, 0.15) is 71.1 Å². The van der Waals surface area contributed by atoms with E-state index in [0.29, 0.717) is 5.56 Å². The van der Waals surface area contributed by atoms with Gasteiger partial charge in [0.25, 0.3) is 0 Å². The largest absolute Gasteiger partial charge is 0.478 e. The Hall–Kier alpha value is -1.69. The van der Waals surface area contributed by atoms with Crippen molar-refractivity contribution in [3.05, 3.63) is 45.3 Å². The number of aryl methyl sites for hydroxylation is 1. The van der Waals surface area contributed by atoms with Crippen molar-refractivity contribution >= 4 is 17.3 Å². The number of carboxylic acids is 1. The maximum Gasteiger partial charge on any atom is 0.337 e. The summed E-state index contributed by atoms with van der Waals surface area (Å²) < 4.78 is 0. The zero-order valence-corrected chi connectivity index (χ0v) is 16.2. The molecule has 0 saturated carbocycles. The molecule has 5 heteroatoms. The molecule has 0 radical (unpaired) electrons. The van der Waals surface area contributed by atoms with E-state index in [1.54, 1.807) is 11.3 Å². The zero-order valence-electron chi connectivity index (χ0n) is 15.4. The van der Waals surface area contributed by atoms with Crippen molar-refractivity contribution in [1.82, 2.24) is 5.43 Å². The van der Waals surface area contributed by atoms with Crippen molar-refractivity contribution in [3.63, 3.8) is 0 Å². The van der Waals surface area contributed by atoms with Gasteiger partial charge in [-0.25, -0.2) is 4.79 Å². The average molecular weight is 371 g/mol. The first-order chi connectivity index (χ1) is 12.4. The van der Waals surface area contributed by atoms with E-state index in [4.69, 9.17) is 5.84 Å². The lowest BCUT2D eigenvalue weighted by Crippen LogP contribution is -2.30. The highest BCUT2D eigenvalue weighted by Crippen LogP contribution is 2.47. The number of carbonyl (C=O) groups is 1. The fraction of sp³-hybridized carbons (Fsp3) is 0.476. The van der Waals surface area contributed by atoms with Crippen LogP contribution in [0.3, 0.4) is 0 Å². The fourth-order valence-electron chi connectivity index (χ4n) is 4.57. The van der Waals surface area contributed by atoms with Gasteiger partial charge in [-0.05, 0) is 66.2 Å². The minimum atomic E-state index is -0.794. The second-order valence-electron chi connectivity index (χ2n) is 8.34. The van der Waals surface area contributed by atoms with Crippen LogP contribution in [0.5, 0.6) is 0 Å². The number of nitrogens with one attached hydrogen (secondary N) is 1. The molecule has 1 atom stereocenters. The van der Waals surface area contributed by atoms with Gasteiger partial charge in [0.1, 0.15) is 0 Å². The Morgan fingerprint density at radius 2 is 2.12 bits per heavy atom. The summed E-state index contributed by atoms with van der Waals surface area (Å²) in [7, 11) is 0. The van der Waals surface area contributed by atoms with Crippen LogP contribution in [-0.4, -0.2) is 11.1 Å². The van der Waals surface area contributed by atoms with Crippen LogP contribution in [-0.2, 0) is 19.3 Å². The van der Waals surface area contributed by atoms with Crippen LogP contribution < -0.4 is 11.3 Å². The van der Waals surface area contributed by atoms with Gasteiger partial charge in [0.2, 0.25) is 0 Å². The molecule has 4 nitrogen and oxygen atoms in total. The van der Waals surface area contributed by atoms with Crippen LogP contribution in [0.15, 0.2) is 18.2 Å². The van der Waals surface area contributed by atoms with E-state index in [2.05, 4.69) is 31.4 Å². The van der Waals surface area contributed by atoms with Crippen LogP contribution in [0.25, 0.3) is 10.4 Å². The highest BCUT2D eigenvalue weighted by atomic mass is 32.1. The molecule has 1 aromatic heterocycles. The minimum absolute atomic E-state index is 0.153. The first kappa shape index (κ1) is 17.7. The van der Waals surface area contributed by atoms with Crippen molar-refractivity contribution in [1.29, 1.82) is 0 Å². The molecular formula is C21H26N2O2S. The Morgan fingerprint density at radius 3 is 2.85 bits per heavy atom. The smallest absolute Gasteiger partial charge is 0.337 e. The number of fused-ring (bicyclic) bond motifs is 2. The summed E-state index contributed by atoms with van der Waals surface area (Å²) in [5.74, 6) is 4.96. The van der Waals surface area contributed by atoms with E-state index in [0.717, 1.165) is 54.5 Å². The third-order valence-electron chi connectivity index (χ3n) is 5.94. The van der Waals surface area contributed by atoms with Gasteiger partial charge in [0, 0.05) is 15.8 Å². The lowest BCUT2D eigenvalue weighted by Gasteiger charge is -2.29. The molecule has 0 bridgehead atoms. The Balaban J connectivity index is 1.90. The molecule has 4 N–H and O–H groups in total. The molecule has 2 aromatic rings. The normalized spacial score (nSPS) is 21.1. The molecule has 0 aliphatic heterocycles. The average Bonchev–Trinajstić information content (AvgIpc) is 2.97. The summed E-state index contributed by atoms with van der Waals surface area (Å²) in [5.41, 5.74) is 8.27. The van der Waals surface area contributed by atoms with Gasteiger partial charge in [0.05, 0.1) is 5.56 Å². The molecule has 26 heavy (non-hydrogen) atoms. The summed E-state index contributed by atoms with van der Waals surface area (Å²) >= 11 is 1.69. The Morgan fingerprint density at radius 1 is 1.31 bits per heavy atom. The van der Waals surface area contributed by atoms with Gasteiger partial charge in [-0.3, -0.25) is 11.3 Å². The maximum atomic E-state index is 12.2. The summed E-state index contributed by atoms with van der Waals surface area (Å²) in [5, 5.41) is 10.0. The van der Waals surface area contributed by atoms with E-state index in [-0.39, 0.29) is 11.5 Å². The molecule has 0 amide bonds. The molecular weight excluding hydrogens is 344 g/mol. The fourth-order valence-corrected chi connectivity index (χ4v) is 5.93. The first-order valence-corrected chi connectivity index (χ1v) is 10.2. The highest BCUT2D eigenvalue weighted by Gasteiger charge is 2.34. The number of hydrogen-bond acceptors (Lipinski definition) is 4. The Bertz CT molecular complexity index is 869. The van der Waals surface area contributed by atoms with Gasteiger partial charge >= 0.3 is 5.97 Å². The van der Waals surface area contributed by atoms with Crippen molar-refractivity contribution in [2.24, 2.45) is 11.3 Å². The van der Waals surface area contributed by atoms with Crippen molar-refractivity contribution in [3.8, 4) is 10.4 Å². The molecule has 2 aliphatic rings. The third kappa shape index (κ3) is 2.88. The van der Waals surface area contributed by atoms with Gasteiger partial charge in [-0.2, -0.15) is 0 Å². The second-order valence-corrected chi connectivity index (χ2v) is 9.44. The number of aromatic carboxylic acids is 1. The second kappa shape index (κ2) is 6.48. The highest BCUT2D eigenvalue weighted by molar-refractivity contribution is 7.16. The topological polar surface area (TPSA) is 75.3 Å². The van der Waals surface area contributed by atoms with Gasteiger partial charge in [-0.1, -0.05) is 32.0 Å². The minimum Gasteiger partial charge on any atom is -0.478 e. The van der Waals surface area contributed by atoms with Gasteiger partial charge in [-0.15, -0.1) is 11.3 Å². The third-order valence-corrected chi connectivity index (χ3v) is 7.27. The molecule has 0 fully saturated rings. The number of rotatable bonds is 3.